The van der Waals surface area contributed by atoms with Gasteiger partial charge in [-0.05, 0) is 124 Å². The van der Waals surface area contributed by atoms with Gasteiger partial charge in [-0.25, -0.2) is 9.97 Å². The zero-order chi connectivity index (χ0) is 47.4. The lowest BCUT2D eigenvalue weighted by atomic mass is 10.0. The molecule has 0 aromatic carbocycles. The molecule has 1 aliphatic rings. The van der Waals surface area contributed by atoms with E-state index in [-0.39, 0.29) is 6.04 Å². The molecule has 12 aromatic heterocycles. The van der Waals surface area contributed by atoms with Crippen molar-refractivity contribution in [2.24, 2.45) is 0 Å². The third kappa shape index (κ3) is 7.89. The maximum absolute atomic E-state index is 5.29. The number of anilines is 1. The lowest BCUT2D eigenvalue weighted by Gasteiger charge is -2.26. The number of pyridine rings is 8. The second kappa shape index (κ2) is 17.5. The van der Waals surface area contributed by atoms with Crippen LogP contribution in [0.5, 0.6) is 0 Å². The van der Waals surface area contributed by atoms with E-state index in [0.717, 1.165) is 137 Å². The molecule has 1 fully saturated rings. The molecule has 0 aliphatic carbocycles. The standard InChI is InChI=1S/C55H46N16/c1-31(2)62-37-21-36(28-58-29-37)45-23-40(51-55(66-45)54(70-68-51)48-24-38-42(64-48)11-16-60-49(38)33-8-13-56-14-9-33)46-22-34(10-15-59-46)50-39-25-47(63-43(39)12-17-61-50)53-52-44(67-69-53)7-6-41(65-52)35-20-32(26-57-27-35)30-71-18-4-3-5-19-71/h6-17,20-29,31,62-64H,3-5,18-19,30H2,1-2H3,(H,67,69)(H,68,70). The van der Waals surface area contributed by atoms with Gasteiger partial charge in [0.15, 0.2) is 0 Å². The number of nitrogens with zero attached hydrogens (tertiary/aromatic N) is 11. The average Bonchev–Trinajstić information content (AvgIpc) is 4.23. The summed E-state index contributed by atoms with van der Waals surface area (Å²) < 4.78 is 0. The Morgan fingerprint density at radius 2 is 1.21 bits per heavy atom. The van der Waals surface area contributed by atoms with Crippen molar-refractivity contribution in [1.29, 1.82) is 0 Å². The predicted molar refractivity (Wildman–Crippen MR) is 278 cm³/mol. The normalized spacial score (nSPS) is 13.3. The summed E-state index contributed by atoms with van der Waals surface area (Å²) in [6.45, 7) is 7.36. The fourth-order valence-corrected chi connectivity index (χ4v) is 9.92. The van der Waals surface area contributed by atoms with Crippen LogP contribution in [0.25, 0.3) is 123 Å². The summed E-state index contributed by atoms with van der Waals surface area (Å²) in [6, 6.07) is 26.8. The molecule has 0 bridgehead atoms. The molecule has 16 nitrogen and oxygen atoms in total. The van der Waals surface area contributed by atoms with E-state index in [1.165, 1.54) is 24.8 Å². The van der Waals surface area contributed by atoms with Gasteiger partial charge in [-0.15, -0.1) is 0 Å². The Bertz CT molecular complexity index is 3930. The molecule has 1 saturated heterocycles. The molecule has 0 saturated carbocycles. The number of rotatable bonds is 11. The van der Waals surface area contributed by atoms with Gasteiger partial charge in [-0.1, -0.05) is 6.42 Å². The van der Waals surface area contributed by atoms with Crippen LogP contribution in [0.1, 0.15) is 38.7 Å². The number of aromatic nitrogens is 14. The zero-order valence-corrected chi connectivity index (χ0v) is 38.9. The van der Waals surface area contributed by atoms with Crippen molar-refractivity contribution in [3.8, 4) is 79.1 Å². The van der Waals surface area contributed by atoms with E-state index in [0.29, 0.717) is 11.2 Å². The molecule has 71 heavy (non-hydrogen) atoms. The van der Waals surface area contributed by atoms with Crippen molar-refractivity contribution in [1.82, 2.24) is 75.1 Å². The number of fused-ring (bicyclic) bond motifs is 4. The number of hydrogen-bond donors (Lipinski definition) is 5. The van der Waals surface area contributed by atoms with Crippen LogP contribution in [-0.4, -0.2) is 94.3 Å². The second-order valence-electron chi connectivity index (χ2n) is 18.5. The second-order valence-corrected chi connectivity index (χ2v) is 18.5. The number of aromatic amines is 4. The van der Waals surface area contributed by atoms with Gasteiger partial charge >= 0.3 is 0 Å². The van der Waals surface area contributed by atoms with Gasteiger partial charge in [0.05, 0.1) is 56.6 Å². The molecular weight excluding hydrogens is 885 g/mol. The Morgan fingerprint density at radius 1 is 0.535 bits per heavy atom. The Balaban J connectivity index is 0.889. The van der Waals surface area contributed by atoms with E-state index >= 15 is 0 Å². The highest BCUT2D eigenvalue weighted by atomic mass is 15.1. The van der Waals surface area contributed by atoms with Crippen LogP contribution in [0.2, 0.25) is 0 Å². The summed E-state index contributed by atoms with van der Waals surface area (Å²) >= 11 is 0. The first-order valence-electron chi connectivity index (χ1n) is 23.9. The first-order valence-corrected chi connectivity index (χ1v) is 23.9. The predicted octanol–water partition coefficient (Wildman–Crippen LogP) is 11.0. The van der Waals surface area contributed by atoms with Crippen molar-refractivity contribution in [2.45, 2.75) is 45.7 Å². The lowest BCUT2D eigenvalue weighted by molar-refractivity contribution is 0.220. The third-order valence-corrected chi connectivity index (χ3v) is 13.2. The number of nitrogens with one attached hydrogen (secondary N) is 5. The molecule has 5 N–H and O–H groups in total. The SMILES string of the molecule is CC(C)Nc1cncc(-c2cc(-c3cc(-c4nccc5[nH]c(-c6n[nH]c7ccc(-c8cncc(CN9CCCCC9)c8)nc67)cc45)ccn3)c3[nH]nc(-c4cc5c(-c6ccncc6)nccc5[nH]4)c3n2)c1. The number of piperidine rings is 1. The fourth-order valence-electron chi connectivity index (χ4n) is 9.92. The summed E-state index contributed by atoms with van der Waals surface area (Å²) in [5, 5.41) is 21.6. The molecule has 0 radical (unpaired) electrons. The Labute approximate surface area is 406 Å². The minimum atomic E-state index is 0.219. The fraction of sp³-hybridized carbons (Fsp3) is 0.164. The molecule has 1 aliphatic heterocycles. The summed E-state index contributed by atoms with van der Waals surface area (Å²) in [4.78, 5) is 48.3. The number of H-pyrrole nitrogens is 4. The molecule has 346 valence electrons. The number of hydrogen-bond acceptors (Lipinski definition) is 12. The first kappa shape index (κ1) is 42.1. The molecule has 13 heterocycles. The molecular formula is C55H46N16. The monoisotopic (exact) mass is 930 g/mol. The summed E-state index contributed by atoms with van der Waals surface area (Å²) in [5.41, 5.74) is 18.4. The molecule has 12 aromatic rings. The van der Waals surface area contributed by atoms with E-state index in [9.17, 15) is 0 Å². The summed E-state index contributed by atoms with van der Waals surface area (Å²) in [5.74, 6) is 0. The van der Waals surface area contributed by atoms with E-state index in [4.69, 9.17) is 35.1 Å². The minimum absolute atomic E-state index is 0.219. The van der Waals surface area contributed by atoms with Crippen molar-refractivity contribution < 1.29 is 0 Å². The highest BCUT2D eigenvalue weighted by Crippen LogP contribution is 2.39. The van der Waals surface area contributed by atoms with E-state index < -0.39 is 0 Å². The Hall–Kier alpha value is -9.02. The molecule has 0 unspecified atom stereocenters. The maximum atomic E-state index is 5.29. The van der Waals surface area contributed by atoms with Gasteiger partial charge in [-0.2, -0.15) is 10.2 Å². The summed E-state index contributed by atoms with van der Waals surface area (Å²) in [6.07, 6.45) is 20.3. The topological polar surface area (TPSA) is 207 Å². The van der Waals surface area contributed by atoms with Crippen LogP contribution in [0.4, 0.5) is 5.69 Å². The van der Waals surface area contributed by atoms with Crippen molar-refractivity contribution >= 4 is 49.6 Å². The van der Waals surface area contributed by atoms with Crippen LogP contribution in [-0.2, 0) is 6.54 Å². The molecule has 0 atom stereocenters. The Kier molecular flexibility index (Phi) is 10.4. The van der Waals surface area contributed by atoms with Gasteiger partial charge in [-0.3, -0.25) is 45.0 Å². The molecule has 16 heteroatoms. The largest absolute Gasteiger partial charge is 0.382 e. The first-order chi connectivity index (χ1) is 35.0. The van der Waals surface area contributed by atoms with Crippen molar-refractivity contribution in [3.05, 3.63) is 140 Å². The lowest BCUT2D eigenvalue weighted by Crippen LogP contribution is -2.29. The zero-order valence-electron chi connectivity index (χ0n) is 38.9. The van der Waals surface area contributed by atoms with Crippen LogP contribution in [0, 0.1) is 0 Å². The van der Waals surface area contributed by atoms with Gasteiger partial charge in [0, 0.05) is 118 Å². The summed E-state index contributed by atoms with van der Waals surface area (Å²) in [7, 11) is 0. The van der Waals surface area contributed by atoms with Crippen LogP contribution in [0.15, 0.2) is 135 Å². The quantitative estimate of drug-likeness (QED) is 0.0821. The van der Waals surface area contributed by atoms with Crippen LogP contribution < -0.4 is 5.32 Å². The highest BCUT2D eigenvalue weighted by Gasteiger charge is 2.22. The van der Waals surface area contributed by atoms with Crippen molar-refractivity contribution in [2.75, 3.05) is 18.4 Å². The van der Waals surface area contributed by atoms with Gasteiger partial charge in [0.2, 0.25) is 0 Å². The van der Waals surface area contributed by atoms with Crippen LogP contribution >= 0.6 is 0 Å². The van der Waals surface area contributed by atoms with E-state index in [2.05, 4.69) is 95.6 Å². The highest BCUT2D eigenvalue weighted by molar-refractivity contribution is 6.04. The van der Waals surface area contributed by atoms with Crippen molar-refractivity contribution in [3.63, 3.8) is 0 Å². The van der Waals surface area contributed by atoms with Crippen LogP contribution in [0.3, 0.4) is 0 Å². The molecule has 13 rings (SSSR count). The van der Waals surface area contributed by atoms with E-state index in [1.54, 1.807) is 12.4 Å². The van der Waals surface area contributed by atoms with Gasteiger partial charge < -0.3 is 15.3 Å². The molecule has 0 spiro atoms. The third-order valence-electron chi connectivity index (χ3n) is 13.2. The number of likely N-dealkylation sites (tertiary alicyclic amines) is 1. The van der Waals surface area contributed by atoms with Gasteiger partial charge in [0.1, 0.15) is 22.4 Å². The minimum Gasteiger partial charge on any atom is -0.382 e. The smallest absolute Gasteiger partial charge is 0.135 e. The van der Waals surface area contributed by atoms with Gasteiger partial charge in [0.25, 0.3) is 0 Å². The Morgan fingerprint density at radius 3 is 1.99 bits per heavy atom. The average molecular weight is 931 g/mol. The van der Waals surface area contributed by atoms with E-state index in [1.807, 2.05) is 85.8 Å². The maximum Gasteiger partial charge on any atom is 0.135 e. The molecule has 0 amide bonds.